The first-order chi connectivity index (χ1) is 12.7. The number of aliphatic hydroxyl groups is 1. The van der Waals surface area contributed by atoms with E-state index in [0.29, 0.717) is 23.7 Å². The van der Waals surface area contributed by atoms with Crippen molar-refractivity contribution in [2.24, 2.45) is 0 Å². The number of methoxy groups -OCH3 is 1. The van der Waals surface area contributed by atoms with Gasteiger partial charge in [0.05, 0.1) is 24.7 Å². The van der Waals surface area contributed by atoms with Crippen LogP contribution in [-0.4, -0.2) is 34.1 Å². The van der Waals surface area contributed by atoms with E-state index < -0.39 is 6.10 Å². The number of para-hydroxylation sites is 4. The highest BCUT2D eigenvalue weighted by Gasteiger charge is 2.14. The van der Waals surface area contributed by atoms with Crippen LogP contribution in [0.5, 0.6) is 11.5 Å². The topological polar surface area (TPSA) is 72.4 Å². The molecule has 0 spiro atoms. The smallest absolute Gasteiger partial charge is 0.203 e. The molecule has 144 valence electrons. The highest BCUT2D eigenvalue weighted by molar-refractivity contribution is 5.75. The van der Waals surface area contributed by atoms with Gasteiger partial charge in [-0.15, -0.1) is 6.58 Å². The Bertz CT molecular complexity index is 965. The zero-order valence-electron chi connectivity index (χ0n) is 15.1. The lowest BCUT2D eigenvalue weighted by atomic mass is 10.3. The van der Waals surface area contributed by atoms with Crippen molar-refractivity contribution in [3.8, 4) is 11.5 Å². The van der Waals surface area contributed by atoms with Crippen LogP contribution in [0, 0.1) is 5.41 Å². The number of benzene rings is 2. The molecule has 6 nitrogen and oxygen atoms in total. The normalized spacial score (nSPS) is 11.6. The number of ether oxygens (including phenoxy) is 2. The fraction of sp³-hybridized carbons (Fsp3) is 0.250. The van der Waals surface area contributed by atoms with E-state index in [0.717, 1.165) is 11.0 Å². The quantitative estimate of drug-likeness (QED) is 0.514. The van der Waals surface area contributed by atoms with Gasteiger partial charge in [0.15, 0.2) is 11.5 Å². The average molecular weight is 389 g/mol. The van der Waals surface area contributed by atoms with Crippen LogP contribution in [0.4, 0.5) is 0 Å². The van der Waals surface area contributed by atoms with Gasteiger partial charge in [-0.2, -0.15) is 0 Å². The van der Waals surface area contributed by atoms with Crippen LogP contribution in [0.15, 0.2) is 61.2 Å². The summed E-state index contributed by atoms with van der Waals surface area (Å²) < 4.78 is 14.6. The van der Waals surface area contributed by atoms with E-state index in [1.165, 1.54) is 0 Å². The molecule has 0 amide bonds. The van der Waals surface area contributed by atoms with E-state index in [1.807, 2.05) is 41.0 Å². The fourth-order valence-corrected chi connectivity index (χ4v) is 2.98. The van der Waals surface area contributed by atoms with Gasteiger partial charge >= 0.3 is 0 Å². The molecule has 3 aromatic rings. The largest absolute Gasteiger partial charge is 1.00 e. The molecular weight excluding hydrogens is 366 g/mol. The van der Waals surface area contributed by atoms with Crippen molar-refractivity contribution in [1.29, 1.82) is 5.41 Å². The third-order valence-corrected chi connectivity index (χ3v) is 4.18. The Morgan fingerprint density at radius 2 is 1.67 bits per heavy atom. The molecule has 0 aliphatic carbocycles. The first kappa shape index (κ1) is 20.6. The third-order valence-electron chi connectivity index (χ3n) is 4.18. The number of hydrogen-bond acceptors (Lipinski definition) is 4. The second-order valence-electron chi connectivity index (χ2n) is 5.94. The molecule has 0 bridgehead atoms. The van der Waals surface area contributed by atoms with Gasteiger partial charge < -0.3 is 36.1 Å². The molecule has 1 atom stereocenters. The monoisotopic (exact) mass is 388 g/mol. The zero-order chi connectivity index (χ0) is 18.5. The van der Waals surface area contributed by atoms with E-state index in [9.17, 15) is 5.11 Å². The number of hydrogen-bond donors (Lipinski definition) is 2. The summed E-state index contributed by atoms with van der Waals surface area (Å²) in [6, 6.07) is 15.1. The van der Waals surface area contributed by atoms with Gasteiger partial charge in [-0.05, 0) is 24.3 Å². The maximum atomic E-state index is 10.5. The lowest BCUT2D eigenvalue weighted by molar-refractivity contribution is -0.00000784. The summed E-state index contributed by atoms with van der Waals surface area (Å²) in [4.78, 5) is 0. The molecule has 1 unspecified atom stereocenters. The molecule has 1 heterocycles. The van der Waals surface area contributed by atoms with Gasteiger partial charge in [0.1, 0.15) is 12.7 Å². The Kier molecular flexibility index (Phi) is 7.10. The number of nitrogens with zero attached hydrogens (tertiary/aromatic N) is 2. The van der Waals surface area contributed by atoms with E-state index in [2.05, 4.69) is 6.58 Å². The number of nitrogens with one attached hydrogen (secondary N) is 1. The van der Waals surface area contributed by atoms with Crippen molar-refractivity contribution in [2.75, 3.05) is 13.7 Å². The highest BCUT2D eigenvalue weighted by atomic mass is 35.5. The SMILES string of the molecule is C=CCn1c(=N)n(CC(O)COc2ccccc2OC)c2ccccc21.[Cl-]. The van der Waals surface area contributed by atoms with E-state index >= 15 is 0 Å². The lowest BCUT2D eigenvalue weighted by Crippen LogP contribution is -3.00. The van der Waals surface area contributed by atoms with Crippen molar-refractivity contribution in [3.05, 3.63) is 66.8 Å². The van der Waals surface area contributed by atoms with Crippen molar-refractivity contribution in [2.45, 2.75) is 19.2 Å². The van der Waals surface area contributed by atoms with Crippen molar-refractivity contribution >= 4 is 11.0 Å². The van der Waals surface area contributed by atoms with E-state index in [1.54, 1.807) is 29.9 Å². The minimum Gasteiger partial charge on any atom is -1.00 e. The van der Waals surface area contributed by atoms with Gasteiger partial charge in [-0.25, -0.2) is 0 Å². The van der Waals surface area contributed by atoms with Crippen LogP contribution >= 0.6 is 0 Å². The predicted molar refractivity (Wildman–Crippen MR) is 100 cm³/mol. The second-order valence-corrected chi connectivity index (χ2v) is 5.94. The fourth-order valence-electron chi connectivity index (χ4n) is 2.98. The van der Waals surface area contributed by atoms with Gasteiger partial charge in [0.2, 0.25) is 5.62 Å². The summed E-state index contributed by atoms with van der Waals surface area (Å²) in [7, 11) is 1.58. The van der Waals surface area contributed by atoms with Crippen molar-refractivity contribution in [1.82, 2.24) is 9.13 Å². The Morgan fingerprint density at radius 3 is 2.30 bits per heavy atom. The number of aromatic nitrogens is 2. The van der Waals surface area contributed by atoms with Gasteiger partial charge in [0, 0.05) is 6.54 Å². The molecule has 3 rings (SSSR count). The third kappa shape index (κ3) is 4.35. The number of aliphatic hydroxyl groups excluding tert-OH is 1. The summed E-state index contributed by atoms with van der Waals surface area (Å²) in [6.07, 6.45) is 0.993. The molecule has 0 fully saturated rings. The Morgan fingerprint density at radius 1 is 1.07 bits per heavy atom. The van der Waals surface area contributed by atoms with Crippen LogP contribution in [0.3, 0.4) is 0 Å². The predicted octanol–water partition coefficient (Wildman–Crippen LogP) is -0.439. The molecule has 0 saturated heterocycles. The van der Waals surface area contributed by atoms with Crippen molar-refractivity contribution in [3.63, 3.8) is 0 Å². The number of halogens is 1. The molecule has 0 radical (unpaired) electrons. The maximum Gasteiger partial charge on any atom is 0.203 e. The first-order valence-corrected chi connectivity index (χ1v) is 8.43. The average Bonchev–Trinajstić information content (AvgIpc) is 2.93. The highest BCUT2D eigenvalue weighted by Crippen LogP contribution is 2.25. The Labute approximate surface area is 164 Å². The summed E-state index contributed by atoms with van der Waals surface area (Å²) >= 11 is 0. The Balaban J connectivity index is 0.00000261. The van der Waals surface area contributed by atoms with Crippen LogP contribution in [0.25, 0.3) is 11.0 Å². The molecule has 7 heteroatoms. The molecular formula is C20H23ClN3O3-. The summed E-state index contributed by atoms with van der Waals surface area (Å²) in [5, 5.41) is 18.9. The Hall–Kier alpha value is -2.70. The van der Waals surface area contributed by atoms with Crippen LogP contribution in [0.1, 0.15) is 0 Å². The molecule has 0 saturated carbocycles. The van der Waals surface area contributed by atoms with Crippen molar-refractivity contribution < 1.29 is 27.0 Å². The van der Waals surface area contributed by atoms with Crippen LogP contribution in [-0.2, 0) is 13.1 Å². The second kappa shape index (κ2) is 9.30. The van der Waals surface area contributed by atoms with Gasteiger partial charge in [0.25, 0.3) is 0 Å². The van der Waals surface area contributed by atoms with Crippen LogP contribution < -0.4 is 27.5 Å². The number of allylic oxidation sites excluding steroid dienone is 1. The summed E-state index contributed by atoms with van der Waals surface area (Å²) in [6.45, 7) is 4.67. The molecule has 2 N–H and O–H groups in total. The summed E-state index contributed by atoms with van der Waals surface area (Å²) in [5.74, 6) is 1.20. The minimum absolute atomic E-state index is 0. The first-order valence-electron chi connectivity index (χ1n) is 8.43. The molecule has 0 aliphatic rings. The standard InChI is InChI=1S/C20H23N3O3.ClH/c1-3-12-22-16-8-4-5-9-17(16)23(20(22)21)13-15(24)14-26-19-11-7-6-10-18(19)25-2;/h3-11,15,21,24H,1,12-14H2,2H3;1H/p-1. The zero-order valence-corrected chi connectivity index (χ0v) is 15.9. The minimum atomic E-state index is -0.767. The number of imidazole rings is 1. The molecule has 2 aromatic carbocycles. The van der Waals surface area contributed by atoms with E-state index in [-0.39, 0.29) is 25.6 Å². The lowest BCUT2D eigenvalue weighted by Gasteiger charge is -2.15. The molecule has 27 heavy (non-hydrogen) atoms. The van der Waals surface area contributed by atoms with Crippen LogP contribution in [0.2, 0.25) is 0 Å². The summed E-state index contributed by atoms with van der Waals surface area (Å²) in [5.41, 5.74) is 2.16. The molecule has 0 aliphatic heterocycles. The molecule has 1 aromatic heterocycles. The van der Waals surface area contributed by atoms with Gasteiger partial charge in [-0.3, -0.25) is 5.41 Å². The number of fused-ring (bicyclic) bond motifs is 1. The number of rotatable bonds is 8. The maximum absolute atomic E-state index is 10.5. The van der Waals surface area contributed by atoms with E-state index in [4.69, 9.17) is 14.9 Å². The van der Waals surface area contributed by atoms with Gasteiger partial charge in [-0.1, -0.05) is 30.3 Å².